The number of ether oxygens (including phenoxy) is 2. The van der Waals surface area contributed by atoms with Crippen LogP contribution in [-0.4, -0.2) is 99.1 Å². The van der Waals surface area contributed by atoms with Crippen molar-refractivity contribution < 1.29 is 29.3 Å². The third-order valence-corrected chi connectivity index (χ3v) is 10.1. The SMILES string of the molecule is C=C/C=C(\C=C)CCN(CCCN(C[C@@H]1CC[C@H](n2cc(-c3ccn(Sc4ccccc4)n3)c3c(N)ncnc32)C1)C(=O)OC(C)(C)C)C(=O)OC(C)(C)C.CC(C)(O)O. The lowest BCUT2D eigenvalue weighted by atomic mass is 10.1. The summed E-state index contributed by atoms with van der Waals surface area (Å²) in [5, 5.41) is 21.8. The molecule has 3 aromatic heterocycles. The molecule has 0 bridgehead atoms. The third kappa shape index (κ3) is 15.2. The molecule has 1 aliphatic rings. The largest absolute Gasteiger partial charge is 0.444 e. The van der Waals surface area contributed by atoms with E-state index in [2.05, 4.69) is 33.9 Å². The lowest BCUT2D eigenvalue weighted by Gasteiger charge is -2.31. The normalized spacial score (nSPS) is 15.9. The van der Waals surface area contributed by atoms with Gasteiger partial charge in [0, 0.05) is 67.0 Å². The zero-order valence-corrected chi connectivity index (χ0v) is 37.3. The van der Waals surface area contributed by atoms with Crippen molar-refractivity contribution in [1.29, 1.82) is 0 Å². The van der Waals surface area contributed by atoms with Crippen LogP contribution in [0.4, 0.5) is 15.4 Å². The van der Waals surface area contributed by atoms with Crippen molar-refractivity contribution in [2.24, 2.45) is 5.92 Å². The highest BCUT2D eigenvalue weighted by molar-refractivity contribution is 7.97. The Hall–Kier alpha value is -5.12. The standard InChI is InChI=1S/C42H56N8O4S.C3H8O2/c1-9-15-30(10-2)20-24-47(39(51)53-41(3,4)5)22-14-23-48(40(52)54-42(6,7)8)27-31-18-19-32(26-31)49-28-34(36-37(43)44-29-45-38(36)49)35-21-25-50(46-35)55-33-16-12-11-13-17-33;1-3(2,4)5/h9-13,15-17,21,25,28-29,31-32H,1-2,14,18-20,22-24,26-27H2,3-8H3,(H2,43,44,45);4-5H,1-2H3/b30-15+;/t31-,32+;/m1./s1. The van der Waals surface area contributed by atoms with Gasteiger partial charge in [-0.3, -0.25) is 0 Å². The third-order valence-electron chi connectivity index (χ3n) is 9.23. The van der Waals surface area contributed by atoms with Gasteiger partial charge in [0.25, 0.3) is 0 Å². The summed E-state index contributed by atoms with van der Waals surface area (Å²) in [6.45, 7) is 23.3. The van der Waals surface area contributed by atoms with Gasteiger partial charge in [-0.2, -0.15) is 5.10 Å². The van der Waals surface area contributed by atoms with Gasteiger partial charge in [-0.1, -0.05) is 49.6 Å². The van der Waals surface area contributed by atoms with E-state index in [1.807, 2.05) is 94.3 Å². The highest BCUT2D eigenvalue weighted by Gasteiger charge is 2.33. The molecule has 4 aromatic rings. The van der Waals surface area contributed by atoms with Crippen LogP contribution in [0.5, 0.6) is 0 Å². The van der Waals surface area contributed by atoms with Crippen molar-refractivity contribution in [3.63, 3.8) is 0 Å². The molecular weight excluding hydrogens is 781 g/mol. The number of carbonyl (C=O) groups excluding carboxylic acids is 2. The molecule has 0 saturated heterocycles. The van der Waals surface area contributed by atoms with Crippen LogP contribution in [0.3, 0.4) is 0 Å². The van der Waals surface area contributed by atoms with Gasteiger partial charge in [0.2, 0.25) is 0 Å². The fourth-order valence-corrected chi connectivity index (χ4v) is 7.52. The van der Waals surface area contributed by atoms with E-state index in [0.29, 0.717) is 44.8 Å². The summed E-state index contributed by atoms with van der Waals surface area (Å²) in [5.41, 5.74) is 8.61. The molecule has 3 heterocycles. The Morgan fingerprint density at radius 1 is 0.933 bits per heavy atom. The molecule has 2 atom stereocenters. The van der Waals surface area contributed by atoms with Gasteiger partial charge < -0.3 is 39.8 Å². The fraction of sp³-hybridized carbons (Fsp3) is 0.489. The van der Waals surface area contributed by atoms with Crippen LogP contribution in [0.15, 0.2) is 97.0 Å². The number of nitrogens with two attached hydrogens (primary N) is 1. The monoisotopic (exact) mass is 844 g/mol. The Bertz CT molecular complexity index is 2070. The second-order valence-corrected chi connectivity index (χ2v) is 18.4. The van der Waals surface area contributed by atoms with Crippen LogP contribution in [0.1, 0.15) is 93.5 Å². The van der Waals surface area contributed by atoms with E-state index in [4.69, 9.17) is 30.5 Å². The maximum atomic E-state index is 13.6. The molecule has 326 valence electrons. The summed E-state index contributed by atoms with van der Waals surface area (Å²) in [6, 6.07) is 12.2. The number of rotatable bonds is 15. The molecule has 0 radical (unpaired) electrons. The number of aromatic nitrogens is 5. The zero-order chi connectivity index (χ0) is 44.3. The van der Waals surface area contributed by atoms with Gasteiger partial charge in [0.15, 0.2) is 5.79 Å². The summed E-state index contributed by atoms with van der Waals surface area (Å²) in [4.78, 5) is 40.5. The van der Waals surface area contributed by atoms with Crippen LogP contribution < -0.4 is 5.73 Å². The minimum atomic E-state index is -1.50. The number of nitrogens with zero attached hydrogens (tertiary/aromatic N) is 7. The van der Waals surface area contributed by atoms with Crippen LogP contribution in [0, 0.1) is 5.92 Å². The molecule has 1 aromatic carbocycles. The van der Waals surface area contributed by atoms with E-state index in [9.17, 15) is 9.59 Å². The van der Waals surface area contributed by atoms with Crippen LogP contribution in [0.25, 0.3) is 22.3 Å². The molecule has 0 aliphatic heterocycles. The molecule has 1 aliphatic carbocycles. The van der Waals surface area contributed by atoms with Crippen molar-refractivity contribution in [3.8, 4) is 11.3 Å². The van der Waals surface area contributed by atoms with E-state index < -0.39 is 17.0 Å². The molecule has 1 saturated carbocycles. The first-order valence-corrected chi connectivity index (χ1v) is 21.2. The molecule has 0 spiro atoms. The Morgan fingerprint density at radius 3 is 2.18 bits per heavy atom. The number of amides is 2. The Balaban J connectivity index is 0.00000150. The van der Waals surface area contributed by atoms with Gasteiger partial charge >= 0.3 is 12.2 Å². The number of hydrogen-bond donors (Lipinski definition) is 3. The molecule has 0 unspecified atom stereocenters. The lowest BCUT2D eigenvalue weighted by Crippen LogP contribution is -2.42. The summed E-state index contributed by atoms with van der Waals surface area (Å²) < 4.78 is 15.7. The number of allylic oxidation sites excluding steroid dienone is 3. The topological polar surface area (TPSA) is 174 Å². The van der Waals surface area contributed by atoms with Crippen molar-refractivity contribution in [3.05, 3.63) is 92.1 Å². The van der Waals surface area contributed by atoms with Crippen LogP contribution in [-0.2, 0) is 9.47 Å². The van der Waals surface area contributed by atoms with Gasteiger partial charge in [-0.15, -0.1) is 0 Å². The molecule has 60 heavy (non-hydrogen) atoms. The minimum Gasteiger partial charge on any atom is -0.444 e. The maximum absolute atomic E-state index is 13.6. The van der Waals surface area contributed by atoms with E-state index >= 15 is 0 Å². The number of aliphatic hydroxyl groups is 2. The van der Waals surface area contributed by atoms with Crippen molar-refractivity contribution in [2.45, 2.75) is 115 Å². The zero-order valence-electron chi connectivity index (χ0n) is 36.5. The van der Waals surface area contributed by atoms with Crippen LogP contribution in [0.2, 0.25) is 0 Å². The molecule has 14 nitrogen and oxygen atoms in total. The average Bonchev–Trinajstić information content (AvgIpc) is 3.89. The predicted octanol–water partition coefficient (Wildman–Crippen LogP) is 9.03. The van der Waals surface area contributed by atoms with Crippen molar-refractivity contribution >= 4 is 41.0 Å². The molecule has 5 rings (SSSR count). The molecule has 4 N–H and O–H groups in total. The maximum Gasteiger partial charge on any atom is 0.410 e. The summed E-state index contributed by atoms with van der Waals surface area (Å²) in [5.74, 6) is -0.868. The van der Waals surface area contributed by atoms with Crippen molar-refractivity contribution in [1.82, 2.24) is 33.5 Å². The van der Waals surface area contributed by atoms with E-state index in [0.717, 1.165) is 52.0 Å². The van der Waals surface area contributed by atoms with Gasteiger partial charge in [-0.05, 0) is 117 Å². The number of hydrogen-bond acceptors (Lipinski definition) is 11. The Kier molecular flexibility index (Phi) is 16.6. The number of fused-ring (bicyclic) bond motifs is 1. The lowest BCUT2D eigenvalue weighted by molar-refractivity contribution is -0.127. The van der Waals surface area contributed by atoms with Gasteiger partial charge in [-0.25, -0.2) is 23.6 Å². The minimum absolute atomic E-state index is 0.141. The fourth-order valence-electron chi connectivity index (χ4n) is 6.78. The number of benzene rings is 1. The molecule has 15 heteroatoms. The molecular formula is C45H64N8O6S. The van der Waals surface area contributed by atoms with E-state index in [-0.39, 0.29) is 24.1 Å². The molecule has 1 fully saturated rings. The number of carbonyl (C=O) groups is 2. The average molecular weight is 845 g/mol. The quantitative estimate of drug-likeness (QED) is 0.0770. The molecule has 2 amide bonds. The summed E-state index contributed by atoms with van der Waals surface area (Å²) in [7, 11) is 0. The number of anilines is 1. The Labute approximate surface area is 359 Å². The summed E-state index contributed by atoms with van der Waals surface area (Å²) in [6.07, 6.45) is 14.0. The second-order valence-electron chi connectivity index (χ2n) is 17.4. The predicted molar refractivity (Wildman–Crippen MR) is 239 cm³/mol. The highest BCUT2D eigenvalue weighted by atomic mass is 32.2. The first-order chi connectivity index (χ1) is 28.1. The second kappa shape index (κ2) is 20.9. The highest BCUT2D eigenvalue weighted by Crippen LogP contribution is 2.41. The van der Waals surface area contributed by atoms with Crippen molar-refractivity contribution in [2.75, 3.05) is 31.9 Å². The number of nitrogen functional groups attached to an aromatic ring is 1. The van der Waals surface area contributed by atoms with Gasteiger partial charge in [0.05, 0.1) is 11.1 Å². The Morgan fingerprint density at radius 2 is 1.57 bits per heavy atom. The van der Waals surface area contributed by atoms with E-state index in [1.165, 1.54) is 32.1 Å². The first-order valence-electron chi connectivity index (χ1n) is 20.4. The first kappa shape index (κ1) is 47.6. The smallest absolute Gasteiger partial charge is 0.410 e. The summed E-state index contributed by atoms with van der Waals surface area (Å²) >= 11 is 1.53. The van der Waals surface area contributed by atoms with E-state index in [1.54, 1.807) is 22.0 Å². The van der Waals surface area contributed by atoms with Crippen LogP contribution >= 0.6 is 11.9 Å². The van der Waals surface area contributed by atoms with Gasteiger partial charge in [0.1, 0.15) is 29.0 Å².